The van der Waals surface area contributed by atoms with Crippen LogP contribution in [0.1, 0.15) is 86.0 Å². The van der Waals surface area contributed by atoms with E-state index in [1.165, 1.54) is 23.3 Å². The number of allylic oxidation sites excluding steroid dienone is 8. The summed E-state index contributed by atoms with van der Waals surface area (Å²) in [5.41, 5.74) is 8.01. The van der Waals surface area contributed by atoms with Crippen molar-refractivity contribution in [2.45, 2.75) is 98.5 Å². The van der Waals surface area contributed by atoms with Gasteiger partial charge in [0.1, 0.15) is 5.75 Å². The number of anilines is 1. The van der Waals surface area contributed by atoms with Crippen molar-refractivity contribution in [3.05, 3.63) is 109 Å². The summed E-state index contributed by atoms with van der Waals surface area (Å²) in [6.45, 7) is 17.8. The minimum absolute atomic E-state index is 0. The number of benzene rings is 1. The molecule has 0 bridgehead atoms. The van der Waals surface area contributed by atoms with Crippen molar-refractivity contribution in [3.63, 3.8) is 0 Å². The van der Waals surface area contributed by atoms with Gasteiger partial charge in [-0.3, -0.25) is 0 Å². The van der Waals surface area contributed by atoms with Crippen LogP contribution in [-0.2, 0) is 4.74 Å². The molecule has 0 aliphatic carbocycles. The predicted octanol–water partition coefficient (Wildman–Crippen LogP) is 11.9. The number of alkyl halides is 3. The number of methoxy groups -OCH3 is 1. The van der Waals surface area contributed by atoms with E-state index in [4.69, 9.17) is 11.2 Å². The Hall–Kier alpha value is -3.65. The van der Waals surface area contributed by atoms with Crippen LogP contribution in [0.25, 0.3) is 0 Å². The first-order valence-corrected chi connectivity index (χ1v) is 15.1. The van der Waals surface area contributed by atoms with E-state index in [0.717, 1.165) is 62.6 Å². The Kier molecular flexibility index (Phi) is 24.8. The van der Waals surface area contributed by atoms with Crippen LogP contribution in [0.2, 0.25) is 0 Å². The van der Waals surface area contributed by atoms with Crippen LogP contribution in [0.15, 0.2) is 103 Å². The van der Waals surface area contributed by atoms with E-state index in [0.29, 0.717) is 12.1 Å². The number of hydrogen-bond acceptors (Lipinski definition) is 3. The minimum atomic E-state index is -4.74. The smallest absolute Gasteiger partial charge is 0.406 e. The third kappa shape index (κ3) is 20.8. The number of halogens is 3. The zero-order chi connectivity index (χ0) is 33.4. The van der Waals surface area contributed by atoms with Crippen molar-refractivity contribution in [3.8, 4) is 18.1 Å². The largest absolute Gasteiger partial charge is 0.573 e. The normalized spacial score (nSPS) is 12.2. The summed E-state index contributed by atoms with van der Waals surface area (Å²) in [6.07, 6.45) is 20.6. The summed E-state index contributed by atoms with van der Waals surface area (Å²) >= 11 is 0. The van der Waals surface area contributed by atoms with Gasteiger partial charge in [-0.2, -0.15) is 0 Å². The van der Waals surface area contributed by atoms with Crippen LogP contribution in [0, 0.1) is 18.8 Å². The van der Waals surface area contributed by atoms with E-state index in [-0.39, 0.29) is 19.3 Å². The molecular weight excluding hydrogens is 571 g/mol. The molecule has 1 unspecified atom stereocenters. The average molecular weight is 627 g/mol. The van der Waals surface area contributed by atoms with Gasteiger partial charge < -0.3 is 14.4 Å². The highest BCUT2D eigenvalue weighted by Gasteiger charge is 2.31. The molecule has 1 aromatic rings. The summed E-state index contributed by atoms with van der Waals surface area (Å²) in [7, 11) is 3.46. The fraction of sp³-hybridized carbons (Fsp3) is 0.436. The molecule has 0 aromatic heterocycles. The molecule has 0 amide bonds. The molecule has 1 atom stereocenters. The molecule has 1 radical (unpaired) electrons. The molecule has 0 aliphatic heterocycles. The Bertz CT molecular complexity index is 1160. The lowest BCUT2D eigenvalue weighted by atomic mass is 9.95. The number of rotatable bonds is 19. The molecule has 0 heterocycles. The highest BCUT2D eigenvalue weighted by molar-refractivity contribution is 5.55. The first-order valence-electron chi connectivity index (χ1n) is 15.1. The first kappa shape index (κ1) is 43.5. The minimum Gasteiger partial charge on any atom is -0.406 e. The Morgan fingerprint density at radius 1 is 1.09 bits per heavy atom. The van der Waals surface area contributed by atoms with Crippen LogP contribution in [0.3, 0.4) is 0 Å². The van der Waals surface area contributed by atoms with Gasteiger partial charge in [-0.05, 0) is 87.8 Å². The van der Waals surface area contributed by atoms with Gasteiger partial charge in [0.2, 0.25) is 0 Å². The second kappa shape index (κ2) is 25.7. The molecule has 249 valence electrons. The Labute approximate surface area is 272 Å². The molecule has 6 heteroatoms. The molecule has 0 spiro atoms. The van der Waals surface area contributed by atoms with E-state index < -0.39 is 6.36 Å². The standard InChI is InChI=1S/C34H43F3NO2.C4H8.CH4/c1-8-11-13-14-15-16-17-27(4)19-20-30(18-12-9-2)25-29(10-3)26-33(28(5)39-7)38(6)31-21-23-32(24-22-31)40-34(35,36)37;1-3-4-2;/h1,11,14-15,18,21-24,26,28H,3-4,9,12-13,16-17,19-20,25H2,2,5-7H3;3H,1,4H2,2H3;1H4/b15-14+,30-18-,33-26-;;. The number of ether oxygens (including phenoxy) is 2. The lowest BCUT2D eigenvalue weighted by Crippen LogP contribution is -2.26. The van der Waals surface area contributed by atoms with Gasteiger partial charge in [-0.1, -0.05) is 76.3 Å². The summed E-state index contributed by atoms with van der Waals surface area (Å²) in [5, 5.41) is 0. The van der Waals surface area contributed by atoms with E-state index >= 15 is 0 Å². The van der Waals surface area contributed by atoms with Crippen LogP contribution >= 0.6 is 0 Å². The van der Waals surface area contributed by atoms with Crippen LogP contribution in [0.5, 0.6) is 5.75 Å². The monoisotopic (exact) mass is 626 g/mol. The van der Waals surface area contributed by atoms with Gasteiger partial charge in [0.15, 0.2) is 0 Å². The van der Waals surface area contributed by atoms with Crippen molar-refractivity contribution in [2.24, 2.45) is 0 Å². The fourth-order valence-corrected chi connectivity index (χ4v) is 3.93. The summed E-state index contributed by atoms with van der Waals surface area (Å²) in [5.74, 6) is 2.25. The molecular formula is C39H55F3NO2. The van der Waals surface area contributed by atoms with E-state index in [1.54, 1.807) is 25.7 Å². The maximum absolute atomic E-state index is 12.6. The Morgan fingerprint density at radius 2 is 1.73 bits per heavy atom. The molecule has 0 fully saturated rings. The van der Waals surface area contributed by atoms with Crippen LogP contribution in [0.4, 0.5) is 18.9 Å². The molecule has 0 saturated heterocycles. The topological polar surface area (TPSA) is 21.7 Å². The number of hydrogen-bond donors (Lipinski definition) is 0. The average Bonchev–Trinajstić information content (AvgIpc) is 3.00. The van der Waals surface area contributed by atoms with Gasteiger partial charge in [0, 0.05) is 38.4 Å². The van der Waals surface area contributed by atoms with Crippen molar-refractivity contribution >= 4 is 5.69 Å². The summed E-state index contributed by atoms with van der Waals surface area (Å²) in [4.78, 5) is 1.88. The van der Waals surface area contributed by atoms with Gasteiger partial charge in [0.05, 0.1) is 6.10 Å². The molecule has 0 aliphatic rings. The summed E-state index contributed by atoms with van der Waals surface area (Å²) < 4.78 is 47.3. The Balaban J connectivity index is 0. The highest BCUT2D eigenvalue weighted by atomic mass is 19.4. The van der Waals surface area contributed by atoms with Gasteiger partial charge in [0.25, 0.3) is 0 Å². The van der Waals surface area contributed by atoms with Gasteiger partial charge in [-0.15, -0.1) is 37.8 Å². The second-order valence-electron chi connectivity index (χ2n) is 10.1. The number of nitrogens with zero attached hydrogens (tertiary/aromatic N) is 1. The Morgan fingerprint density at radius 3 is 2.24 bits per heavy atom. The number of terminal acetylenes is 1. The predicted molar refractivity (Wildman–Crippen MR) is 188 cm³/mol. The zero-order valence-corrected chi connectivity index (χ0v) is 27.3. The van der Waals surface area contributed by atoms with Gasteiger partial charge >= 0.3 is 6.36 Å². The van der Waals surface area contributed by atoms with Crippen molar-refractivity contribution in [1.82, 2.24) is 0 Å². The SMILES string of the molecule is C.C#C[CH]C/C=C/CCC(=C)CC/C(=C/CCC)CC(=C=C)/C=C(/C(C)OC)N(C)c1ccc(OC(F)(F)F)cc1.C=CCC. The van der Waals surface area contributed by atoms with Crippen LogP contribution in [-0.4, -0.2) is 26.6 Å². The fourth-order valence-electron chi connectivity index (χ4n) is 3.93. The lowest BCUT2D eigenvalue weighted by molar-refractivity contribution is -0.274. The third-order valence-electron chi connectivity index (χ3n) is 6.59. The number of likely N-dealkylation sites (N-methyl/N-ethyl adjacent to an activating group) is 1. The summed E-state index contributed by atoms with van der Waals surface area (Å²) in [6, 6.07) is 5.75. The third-order valence-corrected chi connectivity index (χ3v) is 6.59. The lowest BCUT2D eigenvalue weighted by Gasteiger charge is -2.27. The quantitative estimate of drug-likeness (QED) is 0.0501. The molecule has 0 N–H and O–H groups in total. The molecule has 45 heavy (non-hydrogen) atoms. The van der Waals surface area contributed by atoms with Crippen molar-refractivity contribution < 1.29 is 22.6 Å². The second-order valence-corrected chi connectivity index (χ2v) is 10.1. The maximum Gasteiger partial charge on any atom is 0.573 e. The zero-order valence-electron chi connectivity index (χ0n) is 27.3. The molecule has 1 aromatic carbocycles. The number of unbranched alkanes of at least 4 members (excludes halogenated alkanes) is 2. The highest BCUT2D eigenvalue weighted by Crippen LogP contribution is 2.29. The van der Waals surface area contributed by atoms with Crippen molar-refractivity contribution in [2.75, 3.05) is 19.1 Å². The molecule has 1 rings (SSSR count). The van der Waals surface area contributed by atoms with E-state index in [9.17, 15) is 13.2 Å². The molecule has 0 saturated carbocycles. The molecule has 3 nitrogen and oxygen atoms in total. The van der Waals surface area contributed by atoms with Crippen molar-refractivity contribution in [1.29, 1.82) is 0 Å². The van der Waals surface area contributed by atoms with E-state index in [1.807, 2.05) is 31.0 Å². The maximum atomic E-state index is 12.6. The van der Waals surface area contributed by atoms with Crippen LogP contribution < -0.4 is 9.64 Å². The van der Waals surface area contributed by atoms with Gasteiger partial charge in [-0.25, -0.2) is 0 Å². The van der Waals surface area contributed by atoms with E-state index in [2.05, 4.69) is 68.2 Å². The first-order chi connectivity index (χ1) is 21.0.